The van der Waals surface area contributed by atoms with Gasteiger partial charge in [0.25, 0.3) is 0 Å². The standard InChI is InChI=1S/C20H14ClF2N3O2/c1-27-16-6-5-14(19(22)20(16)23)15-10-24-17-7-8-18(25-26(15)17)28-11-12-3-2-4-13(21)9-12/h2-10H,11H2,1H3. The molecular formula is C20H14ClF2N3O2. The SMILES string of the molecule is COc1ccc(-c2cnc3ccc(OCc4cccc(Cl)c4)nn23)c(F)c1F. The van der Waals surface area contributed by atoms with E-state index < -0.39 is 11.6 Å². The number of hydrogen-bond donors (Lipinski definition) is 0. The molecule has 0 spiro atoms. The third kappa shape index (κ3) is 3.36. The predicted octanol–water partition coefficient (Wildman–Crippen LogP) is 4.92. The first-order valence-electron chi connectivity index (χ1n) is 8.31. The van der Waals surface area contributed by atoms with Crippen molar-refractivity contribution in [3.63, 3.8) is 0 Å². The van der Waals surface area contributed by atoms with Crippen molar-refractivity contribution in [3.05, 3.63) is 76.9 Å². The number of hydrogen-bond acceptors (Lipinski definition) is 4. The van der Waals surface area contributed by atoms with E-state index in [9.17, 15) is 8.78 Å². The van der Waals surface area contributed by atoms with Crippen molar-refractivity contribution < 1.29 is 18.3 Å². The molecule has 0 N–H and O–H groups in total. The number of aromatic nitrogens is 3. The van der Waals surface area contributed by atoms with E-state index in [2.05, 4.69) is 10.1 Å². The number of methoxy groups -OCH3 is 1. The van der Waals surface area contributed by atoms with E-state index in [4.69, 9.17) is 21.1 Å². The molecule has 0 unspecified atom stereocenters. The summed E-state index contributed by atoms with van der Waals surface area (Å²) in [7, 11) is 1.27. The van der Waals surface area contributed by atoms with Gasteiger partial charge in [-0.25, -0.2) is 13.9 Å². The molecular weight excluding hydrogens is 388 g/mol. The molecule has 0 saturated heterocycles. The maximum Gasteiger partial charge on any atom is 0.232 e. The van der Waals surface area contributed by atoms with Crippen LogP contribution in [0.4, 0.5) is 8.78 Å². The van der Waals surface area contributed by atoms with Gasteiger partial charge in [-0.3, -0.25) is 0 Å². The van der Waals surface area contributed by atoms with Gasteiger partial charge in [0.2, 0.25) is 11.7 Å². The highest BCUT2D eigenvalue weighted by Gasteiger charge is 2.18. The molecule has 4 rings (SSSR count). The van der Waals surface area contributed by atoms with Crippen LogP contribution < -0.4 is 9.47 Å². The quantitative estimate of drug-likeness (QED) is 0.476. The van der Waals surface area contributed by atoms with Gasteiger partial charge >= 0.3 is 0 Å². The molecule has 28 heavy (non-hydrogen) atoms. The van der Waals surface area contributed by atoms with E-state index in [1.807, 2.05) is 12.1 Å². The molecule has 2 aromatic heterocycles. The van der Waals surface area contributed by atoms with Gasteiger partial charge in [-0.2, -0.15) is 4.39 Å². The second-order valence-corrected chi connectivity index (χ2v) is 6.38. The van der Waals surface area contributed by atoms with Gasteiger partial charge in [0.1, 0.15) is 6.61 Å². The van der Waals surface area contributed by atoms with Gasteiger partial charge in [0.05, 0.1) is 19.0 Å². The first kappa shape index (κ1) is 18.2. The molecule has 2 aromatic carbocycles. The molecule has 0 atom stereocenters. The predicted molar refractivity (Wildman–Crippen MR) is 101 cm³/mol. The van der Waals surface area contributed by atoms with Crippen molar-refractivity contribution in [2.24, 2.45) is 0 Å². The van der Waals surface area contributed by atoms with Crippen LogP contribution in [0.15, 0.2) is 54.7 Å². The maximum absolute atomic E-state index is 14.5. The molecule has 0 aliphatic rings. The molecule has 142 valence electrons. The first-order chi connectivity index (χ1) is 13.6. The Morgan fingerprint density at radius 1 is 1.07 bits per heavy atom. The van der Waals surface area contributed by atoms with E-state index in [1.54, 1.807) is 24.3 Å². The summed E-state index contributed by atoms with van der Waals surface area (Å²) in [5, 5.41) is 4.95. The number of ether oxygens (including phenoxy) is 2. The summed E-state index contributed by atoms with van der Waals surface area (Å²) in [4.78, 5) is 4.19. The fourth-order valence-corrected chi connectivity index (χ4v) is 3.00. The topological polar surface area (TPSA) is 48.7 Å². The van der Waals surface area contributed by atoms with Crippen molar-refractivity contribution in [2.45, 2.75) is 6.61 Å². The highest BCUT2D eigenvalue weighted by molar-refractivity contribution is 6.30. The Kier molecular flexibility index (Phi) is 4.83. The second-order valence-electron chi connectivity index (χ2n) is 5.95. The van der Waals surface area contributed by atoms with Crippen LogP contribution in [0.2, 0.25) is 5.02 Å². The first-order valence-corrected chi connectivity index (χ1v) is 8.69. The van der Waals surface area contributed by atoms with Gasteiger partial charge in [0, 0.05) is 16.7 Å². The molecule has 0 radical (unpaired) electrons. The van der Waals surface area contributed by atoms with Gasteiger partial charge in [0.15, 0.2) is 17.2 Å². The van der Waals surface area contributed by atoms with Crippen molar-refractivity contribution >= 4 is 17.2 Å². The molecule has 0 bridgehead atoms. The van der Waals surface area contributed by atoms with Gasteiger partial charge in [-0.15, -0.1) is 5.10 Å². The van der Waals surface area contributed by atoms with Crippen LogP contribution in [0.5, 0.6) is 11.6 Å². The molecule has 5 nitrogen and oxygen atoms in total. The Balaban J connectivity index is 1.68. The second kappa shape index (κ2) is 7.44. The lowest BCUT2D eigenvalue weighted by Crippen LogP contribution is -2.02. The molecule has 0 aliphatic carbocycles. The van der Waals surface area contributed by atoms with Crippen molar-refractivity contribution in [1.29, 1.82) is 0 Å². The lowest BCUT2D eigenvalue weighted by atomic mass is 10.1. The zero-order chi connectivity index (χ0) is 19.7. The van der Waals surface area contributed by atoms with E-state index in [0.717, 1.165) is 5.56 Å². The molecule has 0 saturated carbocycles. The van der Waals surface area contributed by atoms with Gasteiger partial charge in [-0.05, 0) is 35.9 Å². The number of rotatable bonds is 5. The van der Waals surface area contributed by atoms with E-state index in [1.165, 1.54) is 30.0 Å². The van der Waals surface area contributed by atoms with Crippen LogP contribution in [0.3, 0.4) is 0 Å². The monoisotopic (exact) mass is 401 g/mol. The average molecular weight is 402 g/mol. The van der Waals surface area contributed by atoms with Crippen LogP contribution >= 0.6 is 11.6 Å². The number of halogens is 3. The lowest BCUT2D eigenvalue weighted by Gasteiger charge is -2.09. The minimum atomic E-state index is -1.07. The summed E-state index contributed by atoms with van der Waals surface area (Å²) in [5.41, 5.74) is 1.66. The Bertz CT molecular complexity index is 1160. The molecule has 0 aliphatic heterocycles. The smallest absolute Gasteiger partial charge is 0.232 e. The highest BCUT2D eigenvalue weighted by Crippen LogP contribution is 2.30. The van der Waals surface area contributed by atoms with Crippen LogP contribution in [0.1, 0.15) is 5.56 Å². The summed E-state index contributed by atoms with van der Waals surface area (Å²) in [6.07, 6.45) is 1.42. The van der Waals surface area contributed by atoms with Crippen molar-refractivity contribution in [2.75, 3.05) is 7.11 Å². The molecule has 0 fully saturated rings. The Morgan fingerprint density at radius 2 is 1.93 bits per heavy atom. The van der Waals surface area contributed by atoms with Crippen molar-refractivity contribution in [1.82, 2.24) is 14.6 Å². The number of benzene rings is 2. The molecule has 0 amide bonds. The molecule has 2 heterocycles. The van der Waals surface area contributed by atoms with E-state index >= 15 is 0 Å². The Hall–Kier alpha value is -3.19. The minimum absolute atomic E-state index is 0.0188. The van der Waals surface area contributed by atoms with Crippen LogP contribution in [-0.4, -0.2) is 21.7 Å². The number of fused-ring (bicyclic) bond motifs is 1. The van der Waals surface area contributed by atoms with E-state index in [-0.39, 0.29) is 17.9 Å². The van der Waals surface area contributed by atoms with Gasteiger partial charge < -0.3 is 9.47 Å². The van der Waals surface area contributed by atoms with Crippen LogP contribution in [0.25, 0.3) is 16.9 Å². The highest BCUT2D eigenvalue weighted by atomic mass is 35.5. The minimum Gasteiger partial charge on any atom is -0.494 e. The normalized spacial score (nSPS) is 11.0. The van der Waals surface area contributed by atoms with Gasteiger partial charge in [-0.1, -0.05) is 23.7 Å². The maximum atomic E-state index is 14.5. The Labute approximate surface area is 164 Å². The summed E-state index contributed by atoms with van der Waals surface area (Å²) in [6, 6.07) is 13.4. The third-order valence-electron chi connectivity index (χ3n) is 4.16. The summed E-state index contributed by atoms with van der Waals surface area (Å²) in [5.74, 6) is -1.97. The summed E-state index contributed by atoms with van der Waals surface area (Å²) >= 11 is 5.97. The Morgan fingerprint density at radius 3 is 2.71 bits per heavy atom. The van der Waals surface area contributed by atoms with Crippen molar-refractivity contribution in [3.8, 4) is 22.9 Å². The van der Waals surface area contributed by atoms with E-state index in [0.29, 0.717) is 22.2 Å². The fourth-order valence-electron chi connectivity index (χ4n) is 2.79. The number of imidazole rings is 1. The average Bonchev–Trinajstić information content (AvgIpc) is 3.11. The fraction of sp³-hybridized carbons (Fsp3) is 0.100. The number of nitrogens with zero attached hydrogens (tertiary/aromatic N) is 3. The van der Waals surface area contributed by atoms with Crippen LogP contribution in [0, 0.1) is 11.6 Å². The largest absolute Gasteiger partial charge is 0.494 e. The molecule has 8 heteroatoms. The van der Waals surface area contributed by atoms with Crippen LogP contribution in [-0.2, 0) is 6.61 Å². The summed E-state index contributed by atoms with van der Waals surface area (Å²) < 4.78 is 40.5. The summed E-state index contributed by atoms with van der Waals surface area (Å²) in [6.45, 7) is 0.259. The lowest BCUT2D eigenvalue weighted by molar-refractivity contribution is 0.289. The molecule has 4 aromatic rings. The zero-order valence-corrected chi connectivity index (χ0v) is 15.5. The third-order valence-corrected chi connectivity index (χ3v) is 4.39. The zero-order valence-electron chi connectivity index (χ0n) is 14.7.